The van der Waals surface area contributed by atoms with E-state index in [1.807, 2.05) is 24.5 Å². The summed E-state index contributed by atoms with van der Waals surface area (Å²) in [5.41, 5.74) is 7.11. The smallest absolute Gasteiger partial charge is 0.162 e. The van der Waals surface area contributed by atoms with Crippen LogP contribution in [0.1, 0.15) is 43.7 Å². The fourth-order valence-electron chi connectivity index (χ4n) is 5.28. The van der Waals surface area contributed by atoms with E-state index >= 15 is 0 Å². The van der Waals surface area contributed by atoms with Crippen molar-refractivity contribution in [1.82, 2.24) is 9.97 Å². The van der Waals surface area contributed by atoms with E-state index in [1.54, 1.807) is 0 Å². The average molecular weight is 406 g/mol. The molecule has 0 fully saturated rings. The minimum atomic E-state index is -0.130. The predicted octanol–water partition coefficient (Wildman–Crippen LogP) is 5.98. The number of carbonyl (C=O) groups is 1. The Bertz CT molecular complexity index is 1420. The summed E-state index contributed by atoms with van der Waals surface area (Å²) in [6.07, 6.45) is 5.06. The number of pyridine rings is 2. The molecule has 4 aromatic rings. The molecule has 0 spiro atoms. The maximum absolute atomic E-state index is 13.5. The number of hydrogen-bond acceptors (Lipinski definition) is 4. The van der Waals surface area contributed by atoms with Crippen molar-refractivity contribution in [2.24, 2.45) is 5.41 Å². The van der Waals surface area contributed by atoms with Gasteiger partial charge in [-0.15, -0.1) is 0 Å². The van der Waals surface area contributed by atoms with Gasteiger partial charge in [0.1, 0.15) is 0 Å². The van der Waals surface area contributed by atoms with E-state index in [1.165, 1.54) is 0 Å². The molecule has 1 aliphatic heterocycles. The van der Waals surface area contributed by atoms with Crippen molar-refractivity contribution in [3.05, 3.63) is 89.4 Å². The van der Waals surface area contributed by atoms with Crippen LogP contribution in [0.4, 0.5) is 5.69 Å². The summed E-state index contributed by atoms with van der Waals surface area (Å²) in [5.74, 6) is 0.102. The van der Waals surface area contributed by atoms with E-state index in [4.69, 9.17) is 0 Å². The number of allylic oxidation sites excluding steroid dienone is 2. The fraction of sp³-hybridized carbons (Fsp3) is 0.222. The van der Waals surface area contributed by atoms with Crippen molar-refractivity contribution in [2.75, 3.05) is 5.32 Å². The Morgan fingerprint density at radius 2 is 1.74 bits per heavy atom. The van der Waals surface area contributed by atoms with Crippen LogP contribution in [-0.2, 0) is 4.79 Å². The van der Waals surface area contributed by atoms with Crippen molar-refractivity contribution in [3.63, 3.8) is 0 Å². The first-order valence-corrected chi connectivity index (χ1v) is 10.8. The number of aromatic nitrogens is 2. The first-order chi connectivity index (χ1) is 15.0. The van der Waals surface area contributed by atoms with Crippen LogP contribution in [0.15, 0.2) is 78.3 Å². The molecule has 4 nitrogen and oxygen atoms in total. The Morgan fingerprint density at radius 3 is 2.61 bits per heavy atom. The lowest BCUT2D eigenvalue weighted by Gasteiger charge is -2.40. The SMILES string of the molecule is CC1(C)CC(=O)C2=C(C1)Nc1ccc3ncccc3c1[C@H]2c1ccc2cccnc2c1. The second-order valence-electron chi connectivity index (χ2n) is 9.44. The lowest BCUT2D eigenvalue weighted by Crippen LogP contribution is -2.33. The van der Waals surface area contributed by atoms with Gasteiger partial charge in [0.15, 0.2) is 5.78 Å². The summed E-state index contributed by atoms with van der Waals surface area (Å²) in [5, 5.41) is 5.82. The Balaban J connectivity index is 1.66. The summed E-state index contributed by atoms with van der Waals surface area (Å²) in [6, 6.07) is 18.7. The summed E-state index contributed by atoms with van der Waals surface area (Å²) < 4.78 is 0. The molecular formula is C27H23N3O. The molecule has 2 aromatic heterocycles. The zero-order chi connectivity index (χ0) is 21.2. The molecule has 4 heteroatoms. The largest absolute Gasteiger partial charge is 0.358 e. The van der Waals surface area contributed by atoms with Crippen LogP contribution in [0, 0.1) is 5.41 Å². The molecule has 6 rings (SSSR count). The van der Waals surface area contributed by atoms with Crippen molar-refractivity contribution in [2.45, 2.75) is 32.6 Å². The van der Waals surface area contributed by atoms with Crippen molar-refractivity contribution >= 4 is 33.3 Å². The van der Waals surface area contributed by atoms with E-state index < -0.39 is 0 Å². The highest BCUT2D eigenvalue weighted by atomic mass is 16.1. The van der Waals surface area contributed by atoms with E-state index in [0.29, 0.717) is 6.42 Å². The summed E-state index contributed by atoms with van der Waals surface area (Å²) >= 11 is 0. The van der Waals surface area contributed by atoms with Gasteiger partial charge in [-0.2, -0.15) is 0 Å². The molecule has 0 saturated carbocycles. The highest BCUT2D eigenvalue weighted by molar-refractivity contribution is 6.04. The van der Waals surface area contributed by atoms with Crippen LogP contribution in [-0.4, -0.2) is 15.8 Å². The number of benzene rings is 2. The normalized spacial score (nSPS) is 19.8. The van der Waals surface area contributed by atoms with Gasteiger partial charge in [-0.25, -0.2) is 0 Å². The van der Waals surface area contributed by atoms with Gasteiger partial charge in [0.2, 0.25) is 0 Å². The van der Waals surface area contributed by atoms with Crippen LogP contribution in [0.3, 0.4) is 0 Å². The van der Waals surface area contributed by atoms with E-state index in [9.17, 15) is 4.79 Å². The molecule has 0 unspecified atom stereocenters. The van der Waals surface area contributed by atoms with Gasteiger partial charge >= 0.3 is 0 Å². The standard InChI is InChI=1S/C27H23N3O/c1-27(2)14-22-26(23(31)15-27)24(17-8-7-16-5-3-11-29-21(16)13-17)25-18-6-4-12-28-19(18)9-10-20(25)30-22/h3-13,24,30H,14-15H2,1-2H3/t24-/m1/s1. The molecule has 0 amide bonds. The number of hydrogen-bond donors (Lipinski definition) is 1. The Kier molecular flexibility index (Phi) is 3.82. The molecule has 0 bridgehead atoms. The Labute approximate surface area is 181 Å². The van der Waals surface area contributed by atoms with Gasteiger partial charge in [0.05, 0.1) is 11.0 Å². The molecule has 2 aromatic carbocycles. The number of carbonyl (C=O) groups excluding carboxylic acids is 1. The lowest BCUT2D eigenvalue weighted by atomic mass is 9.68. The molecule has 152 valence electrons. The Morgan fingerprint density at radius 1 is 0.935 bits per heavy atom. The molecule has 0 saturated heterocycles. The third-order valence-corrected chi connectivity index (χ3v) is 6.57. The van der Waals surface area contributed by atoms with E-state index in [0.717, 1.165) is 56.3 Å². The molecule has 0 radical (unpaired) electrons. The minimum absolute atomic E-state index is 0.0473. The third-order valence-electron chi connectivity index (χ3n) is 6.57. The number of ketones is 1. The fourth-order valence-corrected chi connectivity index (χ4v) is 5.28. The number of anilines is 1. The maximum atomic E-state index is 13.5. The molecule has 3 heterocycles. The number of rotatable bonds is 1. The van der Waals surface area contributed by atoms with Gasteiger partial charge in [-0.3, -0.25) is 14.8 Å². The molecule has 2 aliphatic rings. The van der Waals surface area contributed by atoms with Crippen molar-refractivity contribution < 1.29 is 4.79 Å². The highest BCUT2D eigenvalue weighted by Gasteiger charge is 2.41. The first kappa shape index (κ1) is 18.3. The average Bonchev–Trinajstić information content (AvgIpc) is 2.76. The van der Waals surface area contributed by atoms with Crippen LogP contribution < -0.4 is 5.32 Å². The number of nitrogens with zero attached hydrogens (tertiary/aromatic N) is 2. The molecule has 31 heavy (non-hydrogen) atoms. The second kappa shape index (κ2) is 6.48. The number of fused-ring (bicyclic) bond motifs is 4. The summed E-state index contributed by atoms with van der Waals surface area (Å²) in [6.45, 7) is 4.34. The number of nitrogens with one attached hydrogen (secondary N) is 1. The van der Waals surface area contributed by atoms with Gasteiger partial charge < -0.3 is 5.32 Å². The monoisotopic (exact) mass is 405 g/mol. The zero-order valence-corrected chi connectivity index (χ0v) is 17.6. The summed E-state index contributed by atoms with van der Waals surface area (Å²) in [7, 11) is 0. The summed E-state index contributed by atoms with van der Waals surface area (Å²) in [4.78, 5) is 22.7. The zero-order valence-electron chi connectivity index (χ0n) is 17.6. The van der Waals surface area contributed by atoms with Crippen LogP contribution in [0.2, 0.25) is 0 Å². The number of Topliss-reactive ketones (excluding diaryl/α,β-unsaturated/α-hetero) is 1. The van der Waals surface area contributed by atoms with E-state index in [-0.39, 0.29) is 17.1 Å². The van der Waals surface area contributed by atoms with Crippen LogP contribution in [0.25, 0.3) is 21.8 Å². The quantitative estimate of drug-likeness (QED) is 0.423. The Hall–Kier alpha value is -3.53. The van der Waals surface area contributed by atoms with Gasteiger partial charge in [0.25, 0.3) is 0 Å². The van der Waals surface area contributed by atoms with Gasteiger partial charge in [0, 0.05) is 52.5 Å². The minimum Gasteiger partial charge on any atom is -0.358 e. The topological polar surface area (TPSA) is 54.9 Å². The molecule has 1 aliphatic carbocycles. The maximum Gasteiger partial charge on any atom is 0.162 e. The van der Waals surface area contributed by atoms with E-state index in [2.05, 4.69) is 71.6 Å². The lowest BCUT2D eigenvalue weighted by molar-refractivity contribution is -0.118. The molecule has 1 N–H and O–H groups in total. The molecule has 1 atom stereocenters. The predicted molar refractivity (Wildman–Crippen MR) is 124 cm³/mol. The first-order valence-electron chi connectivity index (χ1n) is 10.8. The van der Waals surface area contributed by atoms with Crippen LogP contribution in [0.5, 0.6) is 0 Å². The highest BCUT2D eigenvalue weighted by Crippen LogP contribution is 2.50. The van der Waals surface area contributed by atoms with Gasteiger partial charge in [-0.05, 0) is 53.3 Å². The second-order valence-corrected chi connectivity index (χ2v) is 9.44. The van der Waals surface area contributed by atoms with Gasteiger partial charge in [-0.1, -0.05) is 38.1 Å². The third kappa shape index (κ3) is 2.86. The van der Waals surface area contributed by atoms with Crippen molar-refractivity contribution in [3.8, 4) is 0 Å². The van der Waals surface area contributed by atoms with Crippen LogP contribution >= 0.6 is 0 Å². The molecular weight excluding hydrogens is 382 g/mol. The van der Waals surface area contributed by atoms with Crippen molar-refractivity contribution in [1.29, 1.82) is 0 Å².